The first-order chi connectivity index (χ1) is 12.0. The molecule has 0 radical (unpaired) electrons. The highest BCUT2D eigenvalue weighted by atomic mass is 35.5. The van der Waals surface area contributed by atoms with Crippen LogP contribution < -0.4 is 5.32 Å². The van der Waals surface area contributed by atoms with Gasteiger partial charge in [-0.25, -0.2) is 0 Å². The fourth-order valence-electron chi connectivity index (χ4n) is 3.37. The second-order valence-corrected chi connectivity index (χ2v) is 7.31. The molecule has 2 heterocycles. The van der Waals surface area contributed by atoms with Gasteiger partial charge in [0.15, 0.2) is 0 Å². The molecule has 1 amide bonds. The lowest BCUT2D eigenvalue weighted by molar-refractivity contribution is 0.0935. The molecule has 2 aromatic rings. The van der Waals surface area contributed by atoms with Crippen molar-refractivity contribution < 1.29 is 9.21 Å². The highest BCUT2D eigenvalue weighted by Crippen LogP contribution is 2.21. The van der Waals surface area contributed by atoms with E-state index in [9.17, 15) is 4.79 Å². The van der Waals surface area contributed by atoms with E-state index in [1.165, 1.54) is 5.56 Å². The molecule has 0 unspecified atom stereocenters. The van der Waals surface area contributed by atoms with E-state index in [-0.39, 0.29) is 5.91 Å². The second-order valence-electron chi connectivity index (χ2n) is 6.87. The van der Waals surface area contributed by atoms with Crippen LogP contribution in [0.3, 0.4) is 0 Å². The number of carbonyl (C=O) groups excluding carboxylic acids is 1. The lowest BCUT2D eigenvalue weighted by Crippen LogP contribution is -2.38. The fourth-order valence-corrected chi connectivity index (χ4v) is 3.50. The number of nitrogens with one attached hydrogen (secondary N) is 1. The Labute approximate surface area is 154 Å². The average Bonchev–Trinajstić information content (AvgIpc) is 2.92. The maximum absolute atomic E-state index is 12.2. The summed E-state index contributed by atoms with van der Waals surface area (Å²) in [5.41, 5.74) is 1.94. The summed E-state index contributed by atoms with van der Waals surface area (Å²) >= 11 is 5.86. The molecule has 1 aliphatic rings. The molecule has 4 nitrogen and oxygen atoms in total. The second kappa shape index (κ2) is 8.07. The highest BCUT2D eigenvalue weighted by Gasteiger charge is 2.21. The number of furan rings is 1. The number of amides is 1. The molecule has 3 rings (SSSR count). The number of aryl methyl sites for hydroxylation is 2. The number of hydrogen-bond donors (Lipinski definition) is 1. The Morgan fingerprint density at radius 3 is 2.52 bits per heavy atom. The minimum atomic E-state index is -0.0245. The quantitative estimate of drug-likeness (QED) is 0.869. The van der Waals surface area contributed by atoms with E-state index < -0.39 is 0 Å². The summed E-state index contributed by atoms with van der Waals surface area (Å²) in [5.74, 6) is 2.52. The molecule has 1 aromatic heterocycles. The van der Waals surface area contributed by atoms with Crippen LogP contribution in [0.5, 0.6) is 0 Å². The van der Waals surface area contributed by atoms with Crippen molar-refractivity contribution in [2.45, 2.75) is 33.2 Å². The zero-order valence-electron chi connectivity index (χ0n) is 14.8. The largest absolute Gasteiger partial charge is 0.466 e. The van der Waals surface area contributed by atoms with Gasteiger partial charge in [-0.15, -0.1) is 0 Å². The smallest absolute Gasteiger partial charge is 0.251 e. The molecule has 1 aliphatic heterocycles. The van der Waals surface area contributed by atoms with Gasteiger partial charge in [0.2, 0.25) is 0 Å². The van der Waals surface area contributed by atoms with Crippen LogP contribution in [0.2, 0.25) is 5.02 Å². The summed E-state index contributed by atoms with van der Waals surface area (Å²) in [6.45, 7) is 7.83. The molecule has 1 aromatic carbocycles. The number of nitrogens with zero attached hydrogens (tertiary/aromatic N) is 1. The molecule has 1 N–H and O–H groups in total. The van der Waals surface area contributed by atoms with Gasteiger partial charge < -0.3 is 9.73 Å². The van der Waals surface area contributed by atoms with Gasteiger partial charge in [0.1, 0.15) is 11.5 Å². The molecule has 25 heavy (non-hydrogen) atoms. The summed E-state index contributed by atoms with van der Waals surface area (Å²) in [6, 6.07) is 9.14. The minimum absolute atomic E-state index is 0.0245. The van der Waals surface area contributed by atoms with E-state index >= 15 is 0 Å². The molecule has 0 spiro atoms. The molecule has 0 atom stereocenters. The van der Waals surface area contributed by atoms with Gasteiger partial charge in [-0.1, -0.05) is 11.6 Å². The third kappa shape index (κ3) is 4.86. The van der Waals surface area contributed by atoms with Crippen LogP contribution in [0, 0.1) is 19.8 Å². The number of halogens is 1. The van der Waals surface area contributed by atoms with Crippen LogP contribution >= 0.6 is 11.6 Å². The van der Waals surface area contributed by atoms with Gasteiger partial charge in [-0.05, 0) is 76.0 Å². The molecule has 0 bridgehead atoms. The number of hydrogen-bond acceptors (Lipinski definition) is 3. The zero-order chi connectivity index (χ0) is 17.8. The van der Waals surface area contributed by atoms with E-state index in [1.807, 2.05) is 13.8 Å². The van der Waals surface area contributed by atoms with Crippen molar-refractivity contribution in [1.82, 2.24) is 10.2 Å². The Hall–Kier alpha value is -1.78. The summed E-state index contributed by atoms with van der Waals surface area (Å²) in [4.78, 5) is 14.6. The van der Waals surface area contributed by atoms with Crippen LogP contribution in [0.1, 0.15) is 40.3 Å². The van der Waals surface area contributed by atoms with Gasteiger partial charge in [-0.3, -0.25) is 9.69 Å². The summed E-state index contributed by atoms with van der Waals surface area (Å²) in [6.07, 6.45) is 2.22. The van der Waals surface area contributed by atoms with Crippen molar-refractivity contribution in [2.75, 3.05) is 19.6 Å². The van der Waals surface area contributed by atoms with Gasteiger partial charge in [0, 0.05) is 29.2 Å². The van der Waals surface area contributed by atoms with Crippen LogP contribution in [0.4, 0.5) is 0 Å². The Morgan fingerprint density at radius 2 is 1.92 bits per heavy atom. The van der Waals surface area contributed by atoms with Crippen molar-refractivity contribution in [2.24, 2.45) is 5.92 Å². The fraction of sp³-hybridized carbons (Fsp3) is 0.450. The third-order valence-corrected chi connectivity index (χ3v) is 5.15. The SMILES string of the molecule is Cc1cc(CN2CCC(CNC(=O)c3ccc(Cl)cc3)CC2)c(C)o1. The summed E-state index contributed by atoms with van der Waals surface area (Å²) in [7, 11) is 0. The predicted molar refractivity (Wildman–Crippen MR) is 100.0 cm³/mol. The third-order valence-electron chi connectivity index (χ3n) is 4.90. The van der Waals surface area contributed by atoms with Gasteiger partial charge in [-0.2, -0.15) is 0 Å². The number of carbonyl (C=O) groups is 1. The van der Waals surface area contributed by atoms with E-state index in [1.54, 1.807) is 24.3 Å². The van der Waals surface area contributed by atoms with E-state index in [0.717, 1.165) is 50.5 Å². The molecular weight excluding hydrogens is 336 g/mol. The zero-order valence-corrected chi connectivity index (χ0v) is 15.6. The predicted octanol–water partition coefficient (Wildman–Crippen LogP) is 4.19. The van der Waals surface area contributed by atoms with Crippen LogP contribution in [0.25, 0.3) is 0 Å². The molecule has 134 valence electrons. The maximum atomic E-state index is 12.2. The van der Waals surface area contributed by atoms with Gasteiger partial charge in [0.05, 0.1) is 0 Å². The molecule has 1 saturated heterocycles. The van der Waals surface area contributed by atoms with Crippen LogP contribution in [0.15, 0.2) is 34.7 Å². The van der Waals surface area contributed by atoms with E-state index in [2.05, 4.69) is 16.3 Å². The van der Waals surface area contributed by atoms with Crippen molar-refractivity contribution in [1.29, 1.82) is 0 Å². The molecule has 1 fully saturated rings. The lowest BCUT2D eigenvalue weighted by Gasteiger charge is -2.31. The number of benzene rings is 1. The Bertz CT molecular complexity index is 716. The maximum Gasteiger partial charge on any atom is 0.251 e. The first kappa shape index (κ1) is 18.0. The normalized spacial score (nSPS) is 16.1. The minimum Gasteiger partial charge on any atom is -0.466 e. The Morgan fingerprint density at radius 1 is 1.24 bits per heavy atom. The first-order valence-electron chi connectivity index (χ1n) is 8.83. The number of piperidine rings is 1. The van der Waals surface area contributed by atoms with Crippen molar-refractivity contribution in [3.05, 3.63) is 58.0 Å². The number of likely N-dealkylation sites (tertiary alicyclic amines) is 1. The number of rotatable bonds is 5. The Balaban J connectivity index is 1.42. The molecule has 0 saturated carbocycles. The lowest BCUT2D eigenvalue weighted by atomic mass is 9.96. The Kier molecular flexibility index (Phi) is 5.82. The topological polar surface area (TPSA) is 45.5 Å². The molecular formula is C20H25ClN2O2. The summed E-state index contributed by atoms with van der Waals surface area (Å²) < 4.78 is 5.61. The van der Waals surface area contributed by atoms with Crippen molar-refractivity contribution in [3.63, 3.8) is 0 Å². The van der Waals surface area contributed by atoms with E-state index in [0.29, 0.717) is 16.5 Å². The van der Waals surface area contributed by atoms with Crippen LogP contribution in [-0.2, 0) is 6.54 Å². The standard InChI is InChI=1S/C20H25ClN2O2/c1-14-11-18(15(2)25-14)13-23-9-7-16(8-10-23)12-22-20(24)17-3-5-19(21)6-4-17/h3-6,11,16H,7-10,12-13H2,1-2H3,(H,22,24). The highest BCUT2D eigenvalue weighted by molar-refractivity contribution is 6.30. The van der Waals surface area contributed by atoms with Gasteiger partial charge in [0.25, 0.3) is 5.91 Å². The van der Waals surface area contributed by atoms with Crippen LogP contribution in [-0.4, -0.2) is 30.4 Å². The average molecular weight is 361 g/mol. The molecule has 5 heteroatoms. The first-order valence-corrected chi connectivity index (χ1v) is 9.21. The van der Waals surface area contributed by atoms with Crippen molar-refractivity contribution >= 4 is 17.5 Å². The van der Waals surface area contributed by atoms with Gasteiger partial charge >= 0.3 is 0 Å². The van der Waals surface area contributed by atoms with E-state index in [4.69, 9.17) is 16.0 Å². The summed E-state index contributed by atoms with van der Waals surface area (Å²) in [5, 5.41) is 3.69. The van der Waals surface area contributed by atoms with Crippen molar-refractivity contribution in [3.8, 4) is 0 Å². The molecule has 0 aliphatic carbocycles. The monoisotopic (exact) mass is 360 g/mol.